The van der Waals surface area contributed by atoms with Crippen LogP contribution in [0.3, 0.4) is 0 Å². The number of aliphatic hydroxyl groups is 1. The van der Waals surface area contributed by atoms with Crippen molar-refractivity contribution >= 4 is 26.2 Å². The summed E-state index contributed by atoms with van der Waals surface area (Å²) in [7, 11) is -0.223. The van der Waals surface area contributed by atoms with Crippen LogP contribution in [0.25, 0.3) is 0 Å². The molecule has 6 nitrogen and oxygen atoms in total. The van der Waals surface area contributed by atoms with Crippen LogP contribution in [-0.2, 0) is 23.6 Å². The van der Waals surface area contributed by atoms with Crippen LogP contribution < -0.4 is 0 Å². The molecule has 0 aliphatic rings. The van der Waals surface area contributed by atoms with Gasteiger partial charge in [0, 0.05) is 11.9 Å². The van der Waals surface area contributed by atoms with Crippen LogP contribution >= 0.6 is 20.2 Å². The van der Waals surface area contributed by atoms with Gasteiger partial charge in [0.1, 0.15) is 0 Å². The van der Waals surface area contributed by atoms with Gasteiger partial charge in [0.15, 0.2) is 0 Å². The van der Waals surface area contributed by atoms with Gasteiger partial charge in [-0.2, -0.15) is 11.8 Å². The zero-order valence-electron chi connectivity index (χ0n) is 23.7. The van der Waals surface area contributed by atoms with Gasteiger partial charge in [-0.15, -0.1) is 0 Å². The molecule has 8 heteroatoms. The van der Waals surface area contributed by atoms with Crippen molar-refractivity contribution in [3.63, 3.8) is 0 Å². The molecule has 1 N–H and O–H groups in total. The molecule has 36 heavy (non-hydrogen) atoms. The number of hydrogen-bond donors (Lipinski definition) is 1. The summed E-state index contributed by atoms with van der Waals surface area (Å²) in [5, 5.41) is 10.4. The summed E-state index contributed by atoms with van der Waals surface area (Å²) in [6, 6.07) is 0. The first kappa shape index (κ1) is 35.8. The molecule has 0 aliphatic carbocycles. The van der Waals surface area contributed by atoms with Crippen LogP contribution in [0, 0.1) is 0 Å². The Kier molecular flexibility index (Phi) is 25.0. The van der Waals surface area contributed by atoms with E-state index in [-0.39, 0.29) is 12.7 Å². The minimum absolute atomic E-state index is 0.0707. The van der Waals surface area contributed by atoms with Crippen molar-refractivity contribution in [3.05, 3.63) is 0 Å². The van der Waals surface area contributed by atoms with Gasteiger partial charge in [-0.05, 0) is 31.9 Å². The number of rotatable bonds is 27. The molecule has 0 radical (unpaired) electrons. The first-order valence-electron chi connectivity index (χ1n) is 14.5. The highest BCUT2D eigenvalue weighted by atomic mass is 32.2. The Morgan fingerprint density at radius 1 is 0.833 bits per heavy atom. The Hall–Kier alpha value is -0.200. The summed E-state index contributed by atoms with van der Waals surface area (Å²) < 4.78 is 26.8. The first-order chi connectivity index (χ1) is 17.4. The molecule has 4 unspecified atom stereocenters. The summed E-state index contributed by atoms with van der Waals surface area (Å²) >= 11 is 2.05. The number of thioether (sulfide) groups is 1. The fourth-order valence-electron chi connectivity index (χ4n) is 4.15. The predicted octanol–water partition coefficient (Wildman–Crippen LogP) is 8.02. The van der Waals surface area contributed by atoms with E-state index in [2.05, 4.69) is 37.3 Å². The zero-order chi connectivity index (χ0) is 26.9. The van der Waals surface area contributed by atoms with E-state index in [9.17, 15) is 14.5 Å². The smallest absolute Gasteiger partial charge is 0.461 e. The van der Waals surface area contributed by atoms with E-state index in [0.717, 1.165) is 7.11 Å². The third-order valence-corrected chi connectivity index (χ3v) is 8.72. The number of carbonyl (C=O) groups excluding carboxylic acids is 1. The number of unbranched alkanes of at least 4 members (excludes halogenated alkanes) is 13. The van der Waals surface area contributed by atoms with Crippen molar-refractivity contribution in [2.24, 2.45) is 0 Å². The lowest BCUT2D eigenvalue weighted by molar-refractivity contribution is -0.193. The van der Waals surface area contributed by atoms with Crippen LogP contribution in [0.4, 0.5) is 0 Å². The highest BCUT2D eigenvalue weighted by Gasteiger charge is 2.48. The van der Waals surface area contributed by atoms with Gasteiger partial charge in [-0.1, -0.05) is 108 Å². The van der Waals surface area contributed by atoms with E-state index < -0.39 is 20.0 Å². The maximum absolute atomic E-state index is 11.5. The fourth-order valence-corrected chi connectivity index (χ4v) is 5.85. The van der Waals surface area contributed by atoms with Gasteiger partial charge >= 0.3 is 20.0 Å². The SMILES string of the molecule is CCCCCCCCCCCSC(CCCCCCCC)C(C)OCCCOC(O)([PH+]=O)C(=O)OC. The molecule has 0 heterocycles. The van der Waals surface area contributed by atoms with E-state index in [1.54, 1.807) is 0 Å². The summed E-state index contributed by atoms with van der Waals surface area (Å²) in [5.41, 5.74) is -2.38. The normalized spacial score (nSPS) is 15.0. The van der Waals surface area contributed by atoms with Crippen LogP contribution in [0.2, 0.25) is 0 Å². The number of esters is 1. The van der Waals surface area contributed by atoms with Gasteiger partial charge in [0.05, 0.1) is 19.8 Å². The quantitative estimate of drug-likeness (QED) is 0.0479. The third kappa shape index (κ3) is 19.0. The molecule has 0 bridgehead atoms. The maximum Gasteiger partial charge on any atom is 0.470 e. The summed E-state index contributed by atoms with van der Waals surface area (Å²) in [5.74, 6) is 0.140. The van der Waals surface area contributed by atoms with Gasteiger partial charge in [-0.25, -0.2) is 4.79 Å². The average molecular weight is 552 g/mol. The third-order valence-electron chi connectivity index (χ3n) is 6.53. The second-order valence-corrected chi connectivity index (χ2v) is 12.0. The number of ether oxygens (including phenoxy) is 3. The monoisotopic (exact) mass is 551 g/mol. The van der Waals surface area contributed by atoms with Crippen molar-refractivity contribution in [1.29, 1.82) is 0 Å². The zero-order valence-corrected chi connectivity index (χ0v) is 25.5. The van der Waals surface area contributed by atoms with E-state index >= 15 is 0 Å². The van der Waals surface area contributed by atoms with E-state index in [0.29, 0.717) is 18.3 Å². The molecule has 0 aromatic heterocycles. The topological polar surface area (TPSA) is 82.1 Å². The second kappa shape index (κ2) is 25.1. The lowest BCUT2D eigenvalue weighted by atomic mass is 10.1. The first-order valence-corrected chi connectivity index (χ1v) is 16.5. The molecule has 0 fully saturated rings. The molecular weight excluding hydrogens is 495 g/mol. The van der Waals surface area contributed by atoms with Gasteiger partial charge < -0.3 is 19.3 Å². The molecular formula is C28H56O6PS+. The molecule has 4 atom stereocenters. The van der Waals surface area contributed by atoms with E-state index in [4.69, 9.17) is 9.47 Å². The highest BCUT2D eigenvalue weighted by Crippen LogP contribution is 2.26. The van der Waals surface area contributed by atoms with Gasteiger partial charge in [-0.3, -0.25) is 0 Å². The minimum Gasteiger partial charge on any atom is -0.461 e. The van der Waals surface area contributed by atoms with E-state index in [1.165, 1.54) is 108 Å². The highest BCUT2D eigenvalue weighted by molar-refractivity contribution is 7.99. The van der Waals surface area contributed by atoms with Crippen LogP contribution in [0.1, 0.15) is 130 Å². The van der Waals surface area contributed by atoms with Crippen molar-refractivity contribution in [1.82, 2.24) is 0 Å². The lowest BCUT2D eigenvalue weighted by Crippen LogP contribution is -2.37. The van der Waals surface area contributed by atoms with Crippen LogP contribution in [-0.4, -0.2) is 54.0 Å². The molecule has 0 rings (SSSR count). The van der Waals surface area contributed by atoms with Gasteiger partial charge in [0.25, 0.3) is 0 Å². The average Bonchev–Trinajstić information content (AvgIpc) is 2.89. The fraction of sp³-hybridized carbons (Fsp3) is 0.964. The molecule has 0 aromatic carbocycles. The minimum atomic E-state index is -2.38. The Morgan fingerprint density at radius 2 is 1.36 bits per heavy atom. The molecule has 214 valence electrons. The van der Waals surface area contributed by atoms with Crippen LogP contribution in [0.5, 0.6) is 0 Å². The van der Waals surface area contributed by atoms with Gasteiger partial charge in [0.2, 0.25) is 0 Å². The largest absolute Gasteiger partial charge is 0.470 e. The molecule has 0 saturated carbocycles. The second-order valence-electron chi connectivity index (χ2n) is 9.81. The molecule has 0 spiro atoms. The lowest BCUT2D eigenvalue weighted by Gasteiger charge is -2.24. The Labute approximate surface area is 227 Å². The van der Waals surface area contributed by atoms with Crippen molar-refractivity contribution in [3.8, 4) is 0 Å². The molecule has 0 amide bonds. The van der Waals surface area contributed by atoms with Crippen molar-refractivity contribution in [2.75, 3.05) is 26.1 Å². The number of methoxy groups -OCH3 is 1. The van der Waals surface area contributed by atoms with Crippen molar-refractivity contribution in [2.45, 2.75) is 147 Å². The summed E-state index contributed by atoms with van der Waals surface area (Å²) in [4.78, 5) is 11.5. The number of carbonyl (C=O) groups is 1. The van der Waals surface area contributed by atoms with Crippen molar-refractivity contribution < 1.29 is 28.7 Å². The Morgan fingerprint density at radius 3 is 1.89 bits per heavy atom. The molecule has 0 aromatic rings. The van der Waals surface area contributed by atoms with Crippen LogP contribution in [0.15, 0.2) is 0 Å². The summed E-state index contributed by atoms with van der Waals surface area (Å²) in [6.07, 6.45) is 21.8. The summed E-state index contributed by atoms with van der Waals surface area (Å²) in [6.45, 7) is 7.20. The Bertz CT molecular complexity index is 524. The maximum atomic E-state index is 11.5. The van der Waals surface area contributed by atoms with E-state index in [1.807, 2.05) is 0 Å². The molecule has 0 saturated heterocycles. The Balaban J connectivity index is 4.29. The molecule has 0 aliphatic heterocycles. The predicted molar refractivity (Wildman–Crippen MR) is 153 cm³/mol. The standard InChI is InChI=1S/C28H55O6PS/c1-5-7-9-11-13-14-15-17-19-24-36-26(21-18-16-12-10-8-6-2)25(3)33-22-20-23-34-28(30,35-31)27(29)32-4/h25-26,30H,5-24H2,1-4H3/p+1. The number of hydrogen-bond acceptors (Lipinski definition) is 7.